The third kappa shape index (κ3) is 3.82. The summed E-state index contributed by atoms with van der Waals surface area (Å²) in [6, 6.07) is 17.4. The minimum Gasteiger partial charge on any atom is -0.472 e. The van der Waals surface area contributed by atoms with Crippen LogP contribution in [0.4, 0.5) is 5.69 Å². The molecule has 2 aromatic carbocycles. The number of nitrogens with one attached hydrogen (secondary N) is 1. The minimum absolute atomic E-state index is 0.00348. The van der Waals surface area contributed by atoms with Gasteiger partial charge in [0, 0.05) is 30.4 Å². The van der Waals surface area contributed by atoms with Gasteiger partial charge < -0.3 is 14.6 Å². The second-order valence-corrected chi connectivity index (χ2v) is 7.72. The summed E-state index contributed by atoms with van der Waals surface area (Å²) in [6.45, 7) is 1.13. The second kappa shape index (κ2) is 8.10. The Morgan fingerprint density at radius 2 is 1.77 bits per heavy atom. The van der Waals surface area contributed by atoms with Gasteiger partial charge >= 0.3 is 0 Å². The lowest BCUT2D eigenvalue weighted by Crippen LogP contribution is -2.41. The number of fused-ring (bicyclic) bond motifs is 1. The fraction of sp³-hybridized carbons (Fsp3) is 0.208. The molecule has 5 rings (SSSR count). The first kappa shape index (κ1) is 19.1. The number of nitrogens with zero attached hydrogens (tertiary/aromatic N) is 3. The van der Waals surface area contributed by atoms with Gasteiger partial charge in [0.2, 0.25) is 5.91 Å². The number of benzene rings is 2. The molecule has 0 radical (unpaired) electrons. The molecule has 7 nitrogen and oxygen atoms in total. The molecule has 4 aromatic rings. The predicted molar refractivity (Wildman–Crippen MR) is 117 cm³/mol. The van der Waals surface area contributed by atoms with Crippen molar-refractivity contribution < 1.29 is 14.0 Å². The molecule has 0 spiro atoms. The van der Waals surface area contributed by atoms with Crippen LogP contribution in [0.5, 0.6) is 0 Å². The van der Waals surface area contributed by atoms with E-state index >= 15 is 0 Å². The summed E-state index contributed by atoms with van der Waals surface area (Å²) < 4.78 is 7.01. The third-order valence-corrected chi connectivity index (χ3v) is 5.79. The summed E-state index contributed by atoms with van der Waals surface area (Å²) in [6.07, 6.45) is 6.05. The predicted octanol–water partition coefficient (Wildman–Crippen LogP) is 4.11. The minimum atomic E-state index is -0.106. The lowest BCUT2D eigenvalue weighted by molar-refractivity contribution is -0.121. The summed E-state index contributed by atoms with van der Waals surface area (Å²) in [5, 5.41) is 3.01. The average molecular weight is 414 g/mol. The largest absolute Gasteiger partial charge is 0.472 e. The molecular weight excluding hydrogens is 392 g/mol. The number of para-hydroxylation sites is 2. The maximum absolute atomic E-state index is 12.7. The second-order valence-electron chi connectivity index (χ2n) is 7.72. The number of hydrogen-bond acceptors (Lipinski definition) is 4. The number of carbonyl (C=O) groups excluding carboxylic acids is 2. The zero-order valence-electron chi connectivity index (χ0n) is 16.9. The molecule has 1 aliphatic rings. The molecule has 2 amide bonds. The zero-order valence-corrected chi connectivity index (χ0v) is 16.9. The van der Waals surface area contributed by atoms with Crippen LogP contribution in [0.2, 0.25) is 0 Å². The van der Waals surface area contributed by atoms with E-state index in [1.807, 2.05) is 53.1 Å². The first-order valence-electron chi connectivity index (χ1n) is 10.3. The van der Waals surface area contributed by atoms with E-state index in [4.69, 9.17) is 4.42 Å². The van der Waals surface area contributed by atoms with Crippen LogP contribution in [0, 0.1) is 5.92 Å². The van der Waals surface area contributed by atoms with Crippen LogP contribution < -0.4 is 5.32 Å². The Morgan fingerprint density at radius 3 is 2.52 bits per heavy atom. The maximum Gasteiger partial charge on any atom is 0.257 e. The molecule has 7 heteroatoms. The van der Waals surface area contributed by atoms with Crippen LogP contribution in [0.1, 0.15) is 23.2 Å². The van der Waals surface area contributed by atoms with Gasteiger partial charge in [-0.05, 0) is 55.3 Å². The number of hydrogen-bond donors (Lipinski definition) is 1. The fourth-order valence-corrected chi connectivity index (χ4v) is 4.03. The Kier molecular flexibility index (Phi) is 5.00. The summed E-state index contributed by atoms with van der Waals surface area (Å²) in [5.41, 5.74) is 4.27. The van der Waals surface area contributed by atoms with E-state index in [9.17, 15) is 9.59 Å². The van der Waals surface area contributed by atoms with Gasteiger partial charge in [-0.3, -0.25) is 14.2 Å². The normalized spacial score (nSPS) is 14.6. The molecule has 1 N–H and O–H groups in total. The molecule has 0 unspecified atom stereocenters. The van der Waals surface area contributed by atoms with E-state index in [2.05, 4.69) is 10.3 Å². The standard InChI is InChI=1S/C24H22N4O3/c29-23(17-9-12-27(13-10-17)24(30)18-11-14-31-15-18)26-19-5-7-20(8-6-19)28-16-25-21-3-1-2-4-22(21)28/h1-8,11,14-17H,9-10,12-13H2,(H,26,29). The van der Waals surface area contributed by atoms with E-state index in [1.54, 1.807) is 17.3 Å². The number of likely N-dealkylation sites (tertiary alicyclic amines) is 1. The van der Waals surface area contributed by atoms with E-state index in [1.165, 1.54) is 12.5 Å². The average Bonchev–Trinajstić information content (AvgIpc) is 3.50. The van der Waals surface area contributed by atoms with Crippen molar-refractivity contribution in [2.45, 2.75) is 12.8 Å². The summed E-state index contributed by atoms with van der Waals surface area (Å²) >= 11 is 0. The number of carbonyl (C=O) groups is 2. The number of amides is 2. The van der Waals surface area contributed by atoms with Crippen molar-refractivity contribution >= 4 is 28.5 Å². The number of furan rings is 1. The van der Waals surface area contributed by atoms with Crippen molar-refractivity contribution in [1.82, 2.24) is 14.5 Å². The first-order chi connectivity index (χ1) is 15.2. The highest BCUT2D eigenvalue weighted by atomic mass is 16.3. The number of piperidine rings is 1. The molecule has 0 bridgehead atoms. The molecule has 0 atom stereocenters. The molecule has 0 aliphatic carbocycles. The van der Waals surface area contributed by atoms with Crippen LogP contribution in [0.15, 0.2) is 77.9 Å². The van der Waals surface area contributed by atoms with Gasteiger partial charge in [0.25, 0.3) is 5.91 Å². The Balaban J connectivity index is 1.20. The highest BCUT2D eigenvalue weighted by Crippen LogP contribution is 2.23. The molecule has 1 aliphatic heterocycles. The molecule has 0 saturated carbocycles. The topological polar surface area (TPSA) is 80.4 Å². The smallest absolute Gasteiger partial charge is 0.257 e. The first-order valence-corrected chi connectivity index (χ1v) is 10.3. The molecule has 2 aromatic heterocycles. The fourth-order valence-electron chi connectivity index (χ4n) is 4.03. The van der Waals surface area contributed by atoms with Crippen molar-refractivity contribution in [3.63, 3.8) is 0 Å². The van der Waals surface area contributed by atoms with Gasteiger partial charge in [-0.1, -0.05) is 12.1 Å². The Bertz CT molecular complexity index is 1200. The molecular formula is C24H22N4O3. The maximum atomic E-state index is 12.7. The zero-order chi connectivity index (χ0) is 21.2. The summed E-state index contributed by atoms with van der Waals surface area (Å²) in [5.74, 6) is -0.155. The number of rotatable bonds is 4. The Labute approximate surface area is 179 Å². The van der Waals surface area contributed by atoms with Crippen LogP contribution in [0.3, 0.4) is 0 Å². The lowest BCUT2D eigenvalue weighted by Gasteiger charge is -2.31. The highest BCUT2D eigenvalue weighted by Gasteiger charge is 2.28. The molecule has 156 valence electrons. The van der Waals surface area contributed by atoms with Gasteiger partial charge in [-0.25, -0.2) is 4.98 Å². The van der Waals surface area contributed by atoms with E-state index in [0.29, 0.717) is 31.5 Å². The van der Waals surface area contributed by atoms with Gasteiger partial charge in [0.05, 0.1) is 22.9 Å². The molecule has 1 saturated heterocycles. The lowest BCUT2D eigenvalue weighted by atomic mass is 9.95. The van der Waals surface area contributed by atoms with Crippen LogP contribution >= 0.6 is 0 Å². The number of anilines is 1. The Morgan fingerprint density at radius 1 is 1.00 bits per heavy atom. The van der Waals surface area contributed by atoms with Crippen LogP contribution in [-0.4, -0.2) is 39.4 Å². The Hall–Kier alpha value is -3.87. The van der Waals surface area contributed by atoms with Gasteiger partial charge in [0.15, 0.2) is 0 Å². The number of aromatic nitrogens is 2. The molecule has 3 heterocycles. The highest BCUT2D eigenvalue weighted by molar-refractivity contribution is 5.95. The number of imidazole rings is 1. The van der Waals surface area contributed by atoms with Crippen molar-refractivity contribution in [2.24, 2.45) is 5.92 Å². The molecule has 31 heavy (non-hydrogen) atoms. The summed E-state index contributed by atoms with van der Waals surface area (Å²) in [4.78, 5) is 31.3. The quantitative estimate of drug-likeness (QED) is 0.545. The van der Waals surface area contributed by atoms with Gasteiger partial charge in [0.1, 0.15) is 12.6 Å². The van der Waals surface area contributed by atoms with E-state index in [0.717, 1.165) is 22.4 Å². The summed E-state index contributed by atoms with van der Waals surface area (Å²) in [7, 11) is 0. The van der Waals surface area contributed by atoms with E-state index in [-0.39, 0.29) is 17.7 Å². The monoisotopic (exact) mass is 414 g/mol. The van der Waals surface area contributed by atoms with E-state index < -0.39 is 0 Å². The van der Waals surface area contributed by atoms with Crippen LogP contribution in [0.25, 0.3) is 16.7 Å². The van der Waals surface area contributed by atoms with Crippen LogP contribution in [-0.2, 0) is 4.79 Å². The SMILES string of the molecule is O=C(Nc1ccc(-n2cnc3ccccc32)cc1)C1CCN(C(=O)c2ccoc2)CC1. The van der Waals surface area contributed by atoms with Crippen molar-refractivity contribution in [3.05, 3.63) is 79.0 Å². The third-order valence-electron chi connectivity index (χ3n) is 5.79. The molecule has 1 fully saturated rings. The van der Waals surface area contributed by atoms with Gasteiger partial charge in [-0.2, -0.15) is 0 Å². The van der Waals surface area contributed by atoms with Crippen molar-refractivity contribution in [2.75, 3.05) is 18.4 Å². The van der Waals surface area contributed by atoms with Gasteiger partial charge in [-0.15, -0.1) is 0 Å². The van der Waals surface area contributed by atoms with Crippen molar-refractivity contribution in [1.29, 1.82) is 0 Å². The van der Waals surface area contributed by atoms with Crippen molar-refractivity contribution in [3.8, 4) is 5.69 Å².